The van der Waals surface area contributed by atoms with E-state index in [2.05, 4.69) is 47.2 Å². The lowest BCUT2D eigenvalue weighted by atomic mass is 9.94. The fourth-order valence-electron chi connectivity index (χ4n) is 2.02. The maximum atomic E-state index is 6.12. The van der Waals surface area contributed by atoms with E-state index in [0.717, 1.165) is 36.2 Å². The Morgan fingerprint density at radius 3 is 2.62 bits per heavy atom. The van der Waals surface area contributed by atoms with Crippen LogP contribution in [0.4, 0.5) is 0 Å². The van der Waals surface area contributed by atoms with Crippen molar-refractivity contribution in [1.29, 1.82) is 0 Å². The van der Waals surface area contributed by atoms with E-state index in [1.165, 1.54) is 5.56 Å². The molecule has 0 unspecified atom stereocenters. The molecule has 0 aliphatic carbocycles. The van der Waals surface area contributed by atoms with Crippen molar-refractivity contribution in [3.63, 3.8) is 0 Å². The number of rotatable bonds is 2. The number of nitrogens with one attached hydrogen (secondary N) is 1. The first-order valence-electron chi connectivity index (χ1n) is 5.75. The highest BCUT2D eigenvalue weighted by molar-refractivity contribution is 9.10. The predicted octanol–water partition coefficient (Wildman–Crippen LogP) is 3.28. The van der Waals surface area contributed by atoms with Gasteiger partial charge >= 0.3 is 0 Å². The zero-order valence-electron chi connectivity index (χ0n) is 9.85. The highest BCUT2D eigenvalue weighted by atomic mass is 79.9. The SMILES string of the molecule is Cc1cc(OC2(C)CCNCC2)ccc1Br. The highest BCUT2D eigenvalue weighted by Crippen LogP contribution is 2.28. The Hall–Kier alpha value is -0.540. The average molecular weight is 284 g/mol. The molecule has 1 aliphatic heterocycles. The summed E-state index contributed by atoms with van der Waals surface area (Å²) in [6, 6.07) is 6.18. The molecule has 1 aromatic rings. The molecule has 0 aromatic heterocycles. The van der Waals surface area contributed by atoms with Crippen LogP contribution in [0.3, 0.4) is 0 Å². The Morgan fingerprint density at radius 1 is 1.31 bits per heavy atom. The Morgan fingerprint density at radius 2 is 2.00 bits per heavy atom. The van der Waals surface area contributed by atoms with E-state index in [1.54, 1.807) is 0 Å². The van der Waals surface area contributed by atoms with Crippen molar-refractivity contribution in [2.45, 2.75) is 32.3 Å². The maximum Gasteiger partial charge on any atom is 0.120 e. The minimum absolute atomic E-state index is 0.00841. The van der Waals surface area contributed by atoms with E-state index in [1.807, 2.05) is 6.07 Å². The van der Waals surface area contributed by atoms with Crippen molar-refractivity contribution in [2.75, 3.05) is 13.1 Å². The van der Waals surface area contributed by atoms with Crippen LogP contribution in [-0.2, 0) is 0 Å². The van der Waals surface area contributed by atoms with Crippen molar-refractivity contribution < 1.29 is 4.74 Å². The highest BCUT2D eigenvalue weighted by Gasteiger charge is 2.28. The van der Waals surface area contributed by atoms with E-state index in [4.69, 9.17) is 4.74 Å². The Balaban J connectivity index is 2.10. The maximum absolute atomic E-state index is 6.12. The molecule has 0 saturated carbocycles. The van der Waals surface area contributed by atoms with Crippen LogP contribution in [-0.4, -0.2) is 18.7 Å². The van der Waals surface area contributed by atoms with E-state index < -0.39 is 0 Å². The van der Waals surface area contributed by atoms with Gasteiger partial charge < -0.3 is 10.1 Å². The van der Waals surface area contributed by atoms with Gasteiger partial charge in [-0.3, -0.25) is 0 Å². The summed E-state index contributed by atoms with van der Waals surface area (Å²) in [5.41, 5.74) is 1.21. The summed E-state index contributed by atoms with van der Waals surface area (Å²) in [5.74, 6) is 0.977. The molecular formula is C13H18BrNO. The van der Waals surface area contributed by atoms with Crippen LogP contribution >= 0.6 is 15.9 Å². The van der Waals surface area contributed by atoms with Gasteiger partial charge in [0.05, 0.1) is 0 Å². The minimum Gasteiger partial charge on any atom is -0.487 e. The fourth-order valence-corrected chi connectivity index (χ4v) is 2.27. The van der Waals surface area contributed by atoms with Crippen molar-refractivity contribution in [2.24, 2.45) is 0 Å². The van der Waals surface area contributed by atoms with Gasteiger partial charge in [-0.2, -0.15) is 0 Å². The molecule has 88 valence electrons. The van der Waals surface area contributed by atoms with Crippen LogP contribution in [0, 0.1) is 6.92 Å². The quantitative estimate of drug-likeness (QED) is 0.900. The number of piperidine rings is 1. The molecule has 16 heavy (non-hydrogen) atoms. The zero-order chi connectivity index (χ0) is 11.6. The van der Waals surface area contributed by atoms with Crippen LogP contribution in [0.5, 0.6) is 5.75 Å². The summed E-state index contributed by atoms with van der Waals surface area (Å²) in [5, 5.41) is 3.36. The lowest BCUT2D eigenvalue weighted by Crippen LogP contribution is -2.43. The molecule has 0 spiro atoms. The second-order valence-electron chi connectivity index (χ2n) is 4.71. The molecule has 1 saturated heterocycles. The zero-order valence-corrected chi connectivity index (χ0v) is 11.4. The first-order chi connectivity index (χ1) is 7.59. The molecule has 0 bridgehead atoms. The average Bonchev–Trinajstić information content (AvgIpc) is 2.24. The normalized spacial score (nSPS) is 19.4. The standard InChI is InChI=1S/C13H18BrNO/c1-10-9-11(3-4-12(10)14)16-13(2)5-7-15-8-6-13/h3-4,9,15H,5-8H2,1-2H3. The molecule has 3 heteroatoms. The van der Waals surface area contributed by atoms with Crippen molar-refractivity contribution in [1.82, 2.24) is 5.32 Å². The molecule has 0 amide bonds. The summed E-state index contributed by atoms with van der Waals surface area (Å²) in [7, 11) is 0. The summed E-state index contributed by atoms with van der Waals surface area (Å²) < 4.78 is 7.25. The van der Waals surface area contributed by atoms with Gasteiger partial charge in [0, 0.05) is 4.47 Å². The molecule has 0 radical (unpaired) electrons. The first kappa shape index (κ1) is 11.9. The summed E-state index contributed by atoms with van der Waals surface area (Å²) in [6.45, 7) is 6.38. The molecule has 1 heterocycles. The molecule has 0 atom stereocenters. The number of hydrogen-bond donors (Lipinski definition) is 1. The summed E-state index contributed by atoms with van der Waals surface area (Å²) in [4.78, 5) is 0. The Bertz CT molecular complexity index is 372. The molecule has 1 aliphatic rings. The van der Waals surface area contributed by atoms with Gasteiger partial charge in [0.15, 0.2) is 0 Å². The third kappa shape index (κ3) is 2.77. The van der Waals surface area contributed by atoms with E-state index in [0.29, 0.717) is 0 Å². The predicted molar refractivity (Wildman–Crippen MR) is 70.0 cm³/mol. The molecule has 1 aromatic carbocycles. The second kappa shape index (κ2) is 4.76. The van der Waals surface area contributed by atoms with Gasteiger partial charge in [0.1, 0.15) is 11.4 Å². The van der Waals surface area contributed by atoms with Gasteiger partial charge in [-0.1, -0.05) is 15.9 Å². The monoisotopic (exact) mass is 283 g/mol. The summed E-state index contributed by atoms with van der Waals surface area (Å²) in [6.07, 6.45) is 2.14. The van der Waals surface area contributed by atoms with Crippen LogP contribution in [0.25, 0.3) is 0 Å². The Labute approximate surface area is 106 Å². The van der Waals surface area contributed by atoms with Crippen LogP contribution < -0.4 is 10.1 Å². The number of ether oxygens (including phenoxy) is 1. The van der Waals surface area contributed by atoms with Crippen molar-refractivity contribution in [3.05, 3.63) is 28.2 Å². The number of benzene rings is 1. The van der Waals surface area contributed by atoms with Crippen molar-refractivity contribution >= 4 is 15.9 Å². The third-order valence-electron chi connectivity index (χ3n) is 3.15. The third-order valence-corrected chi connectivity index (χ3v) is 4.04. The van der Waals surface area contributed by atoms with E-state index in [-0.39, 0.29) is 5.60 Å². The first-order valence-corrected chi connectivity index (χ1v) is 6.54. The van der Waals surface area contributed by atoms with Gasteiger partial charge in [-0.05, 0) is 63.5 Å². The van der Waals surface area contributed by atoms with Crippen molar-refractivity contribution in [3.8, 4) is 5.75 Å². The lowest BCUT2D eigenvalue weighted by Gasteiger charge is -2.34. The van der Waals surface area contributed by atoms with Crippen LogP contribution in [0.1, 0.15) is 25.3 Å². The second-order valence-corrected chi connectivity index (χ2v) is 5.57. The van der Waals surface area contributed by atoms with Crippen LogP contribution in [0.15, 0.2) is 22.7 Å². The molecule has 1 fully saturated rings. The molecule has 2 nitrogen and oxygen atoms in total. The fraction of sp³-hybridized carbons (Fsp3) is 0.538. The van der Waals surface area contributed by atoms with Gasteiger partial charge in [0.2, 0.25) is 0 Å². The van der Waals surface area contributed by atoms with E-state index in [9.17, 15) is 0 Å². The summed E-state index contributed by atoms with van der Waals surface area (Å²) >= 11 is 3.50. The van der Waals surface area contributed by atoms with Gasteiger partial charge in [-0.15, -0.1) is 0 Å². The lowest BCUT2D eigenvalue weighted by molar-refractivity contribution is 0.0555. The number of aryl methyl sites for hydroxylation is 1. The van der Waals surface area contributed by atoms with Gasteiger partial charge in [0.25, 0.3) is 0 Å². The molecular weight excluding hydrogens is 266 g/mol. The van der Waals surface area contributed by atoms with Crippen LogP contribution in [0.2, 0.25) is 0 Å². The van der Waals surface area contributed by atoms with Gasteiger partial charge in [-0.25, -0.2) is 0 Å². The number of halogens is 1. The number of hydrogen-bond acceptors (Lipinski definition) is 2. The largest absolute Gasteiger partial charge is 0.487 e. The Kier molecular flexibility index (Phi) is 3.55. The minimum atomic E-state index is -0.00841. The van der Waals surface area contributed by atoms with E-state index >= 15 is 0 Å². The molecule has 2 rings (SSSR count). The smallest absolute Gasteiger partial charge is 0.120 e. The topological polar surface area (TPSA) is 21.3 Å². The molecule has 1 N–H and O–H groups in total.